The molecule has 4 rings (SSSR count). The number of hydrogen-bond donors (Lipinski definition) is 2. The Hall–Kier alpha value is -3.49. The summed E-state index contributed by atoms with van der Waals surface area (Å²) in [5.74, 6) is -0.0209. The minimum absolute atomic E-state index is 0.157. The first-order valence-corrected chi connectivity index (χ1v) is 8.41. The highest BCUT2D eigenvalue weighted by molar-refractivity contribution is 5.76. The van der Waals surface area contributed by atoms with E-state index in [4.69, 9.17) is 0 Å². The van der Waals surface area contributed by atoms with Gasteiger partial charge in [0, 0.05) is 30.8 Å². The zero-order chi connectivity index (χ0) is 19.0. The number of nitrogens with one attached hydrogen (secondary N) is 2. The number of benzene rings is 1. The lowest BCUT2D eigenvalue weighted by molar-refractivity contribution is -0.132. The summed E-state index contributed by atoms with van der Waals surface area (Å²) in [5, 5.41) is 0. The van der Waals surface area contributed by atoms with Gasteiger partial charge in [0.2, 0.25) is 5.91 Å². The number of fused-ring (bicyclic) bond motifs is 1. The Morgan fingerprint density at radius 1 is 1.22 bits per heavy atom. The van der Waals surface area contributed by atoms with E-state index >= 15 is 0 Å². The smallest absolute Gasteiger partial charge is 0.328 e. The van der Waals surface area contributed by atoms with Gasteiger partial charge in [-0.25, -0.2) is 14.2 Å². The summed E-state index contributed by atoms with van der Waals surface area (Å²) in [4.78, 5) is 46.8. The Morgan fingerprint density at radius 3 is 2.85 bits per heavy atom. The van der Waals surface area contributed by atoms with Gasteiger partial charge in [0.15, 0.2) is 0 Å². The summed E-state index contributed by atoms with van der Waals surface area (Å²) in [5.41, 5.74) is 1.15. The molecule has 8 nitrogen and oxygen atoms in total. The molecule has 0 spiro atoms. The third-order valence-corrected chi connectivity index (χ3v) is 4.49. The highest BCUT2D eigenvalue weighted by Gasteiger charge is 2.24. The molecule has 2 N–H and O–H groups in total. The van der Waals surface area contributed by atoms with Crippen molar-refractivity contribution in [2.75, 3.05) is 6.54 Å². The van der Waals surface area contributed by atoms with E-state index < -0.39 is 11.2 Å². The molecule has 0 saturated carbocycles. The molecule has 0 aliphatic carbocycles. The molecule has 1 aliphatic rings. The molecular formula is C18H16FN5O3. The van der Waals surface area contributed by atoms with Gasteiger partial charge in [0.05, 0.1) is 17.9 Å². The zero-order valence-corrected chi connectivity index (χ0v) is 14.2. The minimum atomic E-state index is -0.622. The average Bonchev–Trinajstić information content (AvgIpc) is 3.07. The van der Waals surface area contributed by atoms with Crippen LogP contribution < -0.4 is 11.2 Å². The van der Waals surface area contributed by atoms with E-state index in [-0.39, 0.29) is 18.3 Å². The number of aromatic amines is 2. The second-order valence-corrected chi connectivity index (χ2v) is 6.32. The lowest BCUT2D eigenvalue weighted by atomic mass is 10.1. The van der Waals surface area contributed by atoms with E-state index in [1.54, 1.807) is 17.0 Å². The van der Waals surface area contributed by atoms with E-state index in [9.17, 15) is 18.8 Å². The predicted octanol–water partition coefficient (Wildman–Crippen LogP) is 0.651. The van der Waals surface area contributed by atoms with Crippen LogP contribution in [0.3, 0.4) is 0 Å². The molecule has 1 aromatic carbocycles. The number of halogens is 1. The molecule has 0 bridgehead atoms. The lowest BCUT2D eigenvalue weighted by Crippen LogP contribution is -2.40. The van der Waals surface area contributed by atoms with Crippen LogP contribution in [0, 0.1) is 5.82 Å². The molecule has 138 valence electrons. The van der Waals surface area contributed by atoms with Gasteiger partial charge in [-0.1, -0.05) is 12.1 Å². The molecule has 1 amide bonds. The minimum Gasteiger partial charge on any atom is -0.340 e. The Balaban J connectivity index is 1.52. The third-order valence-electron chi connectivity index (χ3n) is 4.49. The van der Waals surface area contributed by atoms with Crippen LogP contribution in [0.5, 0.6) is 0 Å². The van der Waals surface area contributed by atoms with Crippen LogP contribution >= 0.6 is 0 Å². The predicted molar refractivity (Wildman–Crippen MR) is 94.4 cm³/mol. The molecule has 1 aliphatic heterocycles. The van der Waals surface area contributed by atoms with Gasteiger partial charge in [-0.15, -0.1) is 0 Å². The number of carbonyl (C=O) groups excluding carboxylic acids is 1. The number of carbonyl (C=O) groups is 1. The van der Waals surface area contributed by atoms with Gasteiger partial charge in [-0.05, 0) is 12.1 Å². The Kier molecular flexibility index (Phi) is 4.19. The van der Waals surface area contributed by atoms with Crippen LogP contribution in [0.25, 0.3) is 11.4 Å². The summed E-state index contributed by atoms with van der Waals surface area (Å²) in [6.07, 6.45) is 1.86. The zero-order valence-electron chi connectivity index (χ0n) is 14.2. The van der Waals surface area contributed by atoms with Crippen molar-refractivity contribution in [1.82, 2.24) is 24.4 Å². The van der Waals surface area contributed by atoms with Crippen molar-refractivity contribution in [3.8, 4) is 11.4 Å². The van der Waals surface area contributed by atoms with Crippen LogP contribution in [0.15, 0.2) is 46.1 Å². The lowest BCUT2D eigenvalue weighted by Gasteiger charge is -2.26. The van der Waals surface area contributed by atoms with Crippen LogP contribution in [-0.4, -0.2) is 36.9 Å². The summed E-state index contributed by atoms with van der Waals surface area (Å²) in [6, 6.07) is 7.34. The fourth-order valence-electron chi connectivity index (χ4n) is 3.09. The number of rotatable bonds is 3. The molecule has 0 atom stereocenters. The standard InChI is InChI=1S/C18H16FN5O3/c19-12-3-1-2-11(8-12)17-20-13-4-6-23(9-14(13)21-17)16(26)10-24-7-5-15(25)22-18(24)27/h1-3,5,7-8H,4,6,9-10H2,(H,20,21)(H,22,25,27). The molecule has 0 radical (unpaired) electrons. The van der Waals surface area contributed by atoms with Crippen LogP contribution in [0.4, 0.5) is 4.39 Å². The molecule has 27 heavy (non-hydrogen) atoms. The van der Waals surface area contributed by atoms with E-state index in [1.165, 1.54) is 24.4 Å². The van der Waals surface area contributed by atoms with Crippen LogP contribution in [0.2, 0.25) is 0 Å². The first-order valence-electron chi connectivity index (χ1n) is 8.41. The number of amides is 1. The number of hydrogen-bond acceptors (Lipinski definition) is 4. The summed E-state index contributed by atoms with van der Waals surface area (Å²) < 4.78 is 14.6. The number of nitrogens with zero attached hydrogens (tertiary/aromatic N) is 3. The molecular weight excluding hydrogens is 353 g/mol. The Labute approximate surface area is 152 Å². The van der Waals surface area contributed by atoms with Gasteiger partial charge >= 0.3 is 5.69 Å². The van der Waals surface area contributed by atoms with Crippen molar-refractivity contribution in [3.05, 3.63) is 74.6 Å². The second-order valence-electron chi connectivity index (χ2n) is 6.32. The van der Waals surface area contributed by atoms with Crippen molar-refractivity contribution in [2.24, 2.45) is 0 Å². The van der Waals surface area contributed by atoms with Gasteiger partial charge in [0.1, 0.15) is 18.2 Å². The Morgan fingerprint density at radius 2 is 2.07 bits per heavy atom. The molecule has 0 fully saturated rings. The normalized spacial score (nSPS) is 13.4. The topological polar surface area (TPSA) is 104 Å². The summed E-state index contributed by atoms with van der Waals surface area (Å²) >= 11 is 0. The first-order chi connectivity index (χ1) is 13.0. The maximum Gasteiger partial charge on any atom is 0.328 e. The van der Waals surface area contributed by atoms with Gasteiger partial charge in [-0.3, -0.25) is 19.1 Å². The maximum absolute atomic E-state index is 13.4. The maximum atomic E-state index is 13.4. The number of imidazole rings is 1. The van der Waals surface area contributed by atoms with E-state index in [1.807, 2.05) is 0 Å². The quantitative estimate of drug-likeness (QED) is 0.707. The largest absolute Gasteiger partial charge is 0.340 e. The highest BCUT2D eigenvalue weighted by Crippen LogP contribution is 2.23. The van der Waals surface area contributed by atoms with Crippen molar-refractivity contribution in [1.29, 1.82) is 0 Å². The fourth-order valence-corrected chi connectivity index (χ4v) is 3.09. The van der Waals surface area contributed by atoms with E-state index in [2.05, 4.69) is 15.0 Å². The van der Waals surface area contributed by atoms with Crippen LogP contribution in [0.1, 0.15) is 11.4 Å². The van der Waals surface area contributed by atoms with E-state index in [0.29, 0.717) is 30.9 Å². The molecule has 3 heterocycles. The monoisotopic (exact) mass is 369 g/mol. The summed E-state index contributed by atoms with van der Waals surface area (Å²) in [7, 11) is 0. The van der Waals surface area contributed by atoms with Crippen LogP contribution in [-0.2, 0) is 24.3 Å². The number of aromatic nitrogens is 4. The molecule has 2 aromatic heterocycles. The highest BCUT2D eigenvalue weighted by atomic mass is 19.1. The van der Waals surface area contributed by atoms with Gasteiger partial charge in [-0.2, -0.15) is 0 Å². The molecule has 0 saturated heterocycles. The SMILES string of the molecule is O=C(Cn1ccc(=O)[nH]c1=O)N1CCc2nc(-c3cccc(F)c3)[nH]c2C1. The second kappa shape index (κ2) is 6.67. The fraction of sp³-hybridized carbons (Fsp3) is 0.222. The van der Waals surface area contributed by atoms with Gasteiger partial charge < -0.3 is 9.88 Å². The molecule has 3 aromatic rings. The average molecular weight is 369 g/mol. The molecule has 9 heteroatoms. The van der Waals surface area contributed by atoms with E-state index in [0.717, 1.165) is 16.0 Å². The Bertz CT molecular complexity index is 1130. The van der Waals surface area contributed by atoms with Crippen molar-refractivity contribution in [3.63, 3.8) is 0 Å². The van der Waals surface area contributed by atoms with Crippen molar-refractivity contribution >= 4 is 5.91 Å². The first kappa shape index (κ1) is 17.0. The van der Waals surface area contributed by atoms with Crippen molar-refractivity contribution < 1.29 is 9.18 Å². The van der Waals surface area contributed by atoms with Crippen molar-refractivity contribution in [2.45, 2.75) is 19.5 Å². The summed E-state index contributed by atoms with van der Waals surface area (Å²) in [6.45, 7) is 0.641. The van der Waals surface area contributed by atoms with Gasteiger partial charge in [0.25, 0.3) is 5.56 Å². The third kappa shape index (κ3) is 3.43. The molecule has 0 unspecified atom stereocenters. The number of H-pyrrole nitrogens is 2.